The SMILES string of the molecule is CN=C(NCCNC(=O)Cc1ccc(F)cc1)NCC(C(C)C)N1CCOCC1. The number of hydrogen-bond donors (Lipinski definition) is 3. The Morgan fingerprint density at radius 2 is 1.79 bits per heavy atom. The molecule has 8 heteroatoms. The van der Waals surface area contributed by atoms with E-state index in [2.05, 4.69) is 39.7 Å². The van der Waals surface area contributed by atoms with E-state index in [1.165, 1.54) is 12.1 Å². The van der Waals surface area contributed by atoms with Crippen LogP contribution in [0.2, 0.25) is 0 Å². The van der Waals surface area contributed by atoms with Gasteiger partial charge in [-0.15, -0.1) is 0 Å². The molecule has 0 bridgehead atoms. The largest absolute Gasteiger partial charge is 0.379 e. The van der Waals surface area contributed by atoms with Crippen molar-refractivity contribution in [3.63, 3.8) is 0 Å². The highest BCUT2D eigenvalue weighted by Gasteiger charge is 2.23. The standard InChI is InChI=1S/C21H34FN5O2/c1-16(2)19(27-10-12-29-13-11-27)15-26-21(23-3)25-9-8-24-20(28)14-17-4-6-18(22)7-5-17/h4-7,16,19H,8-15H2,1-3H3,(H,24,28)(H2,23,25,26). The van der Waals surface area contributed by atoms with Gasteiger partial charge in [0.25, 0.3) is 0 Å². The van der Waals surface area contributed by atoms with E-state index in [0.717, 1.165) is 44.4 Å². The van der Waals surface area contributed by atoms with Crippen LogP contribution in [0.15, 0.2) is 29.3 Å². The predicted molar refractivity (Wildman–Crippen MR) is 113 cm³/mol. The third-order valence-electron chi connectivity index (χ3n) is 5.00. The van der Waals surface area contributed by atoms with Crippen LogP contribution in [0, 0.1) is 11.7 Å². The maximum Gasteiger partial charge on any atom is 0.224 e. The van der Waals surface area contributed by atoms with Gasteiger partial charge < -0.3 is 20.7 Å². The summed E-state index contributed by atoms with van der Waals surface area (Å²) in [4.78, 5) is 18.7. The summed E-state index contributed by atoms with van der Waals surface area (Å²) < 4.78 is 18.4. The first kappa shape index (κ1) is 23.1. The second-order valence-corrected chi connectivity index (χ2v) is 7.49. The fourth-order valence-electron chi connectivity index (χ4n) is 3.35. The molecule has 1 atom stereocenters. The van der Waals surface area contributed by atoms with Crippen LogP contribution < -0.4 is 16.0 Å². The van der Waals surface area contributed by atoms with Crippen LogP contribution in [0.4, 0.5) is 4.39 Å². The molecule has 1 saturated heterocycles. The highest BCUT2D eigenvalue weighted by atomic mass is 19.1. The number of nitrogens with zero attached hydrogens (tertiary/aromatic N) is 2. The summed E-state index contributed by atoms with van der Waals surface area (Å²) in [7, 11) is 1.74. The van der Waals surface area contributed by atoms with E-state index in [9.17, 15) is 9.18 Å². The Morgan fingerprint density at radius 1 is 1.14 bits per heavy atom. The van der Waals surface area contributed by atoms with E-state index in [4.69, 9.17) is 4.74 Å². The third kappa shape index (κ3) is 8.37. The number of halogens is 1. The lowest BCUT2D eigenvalue weighted by molar-refractivity contribution is -0.120. The van der Waals surface area contributed by atoms with Crippen molar-refractivity contribution in [1.82, 2.24) is 20.9 Å². The maximum atomic E-state index is 12.9. The zero-order chi connectivity index (χ0) is 21.1. The van der Waals surface area contributed by atoms with E-state index >= 15 is 0 Å². The van der Waals surface area contributed by atoms with Crippen LogP contribution in [0.5, 0.6) is 0 Å². The topological polar surface area (TPSA) is 78.0 Å². The van der Waals surface area contributed by atoms with Crippen LogP contribution in [0.1, 0.15) is 19.4 Å². The number of guanidine groups is 1. The second-order valence-electron chi connectivity index (χ2n) is 7.49. The molecule has 0 aromatic heterocycles. The van der Waals surface area contributed by atoms with Gasteiger partial charge in [-0.25, -0.2) is 4.39 Å². The number of amides is 1. The number of ether oxygens (including phenoxy) is 1. The van der Waals surface area contributed by atoms with Crippen molar-refractivity contribution in [3.05, 3.63) is 35.6 Å². The maximum absolute atomic E-state index is 12.9. The molecule has 7 nitrogen and oxygen atoms in total. The average molecular weight is 408 g/mol. The Labute approximate surface area is 173 Å². The van der Waals surface area contributed by atoms with Crippen LogP contribution >= 0.6 is 0 Å². The monoisotopic (exact) mass is 407 g/mol. The summed E-state index contributed by atoms with van der Waals surface area (Å²) in [6, 6.07) is 6.38. The highest BCUT2D eigenvalue weighted by Crippen LogP contribution is 2.12. The number of aliphatic imine (C=N–C) groups is 1. The molecule has 162 valence electrons. The van der Waals surface area contributed by atoms with Gasteiger partial charge in [0.2, 0.25) is 5.91 Å². The molecular formula is C21H34FN5O2. The molecule has 1 fully saturated rings. The molecule has 1 amide bonds. The molecule has 2 rings (SSSR count). The van der Waals surface area contributed by atoms with E-state index in [-0.39, 0.29) is 18.1 Å². The molecule has 0 aliphatic carbocycles. The normalized spacial score (nSPS) is 16.5. The van der Waals surface area contributed by atoms with Crippen LogP contribution in [-0.4, -0.2) is 75.8 Å². The average Bonchev–Trinajstić information content (AvgIpc) is 2.72. The van der Waals surface area contributed by atoms with Crippen molar-refractivity contribution in [2.24, 2.45) is 10.9 Å². The minimum atomic E-state index is -0.300. The molecule has 1 heterocycles. The van der Waals surface area contributed by atoms with E-state index in [1.807, 2.05) is 0 Å². The van der Waals surface area contributed by atoms with Crippen molar-refractivity contribution in [1.29, 1.82) is 0 Å². The molecule has 1 aromatic carbocycles. The number of rotatable bonds is 9. The quantitative estimate of drug-likeness (QED) is 0.324. The van der Waals surface area contributed by atoms with Gasteiger partial charge in [-0.05, 0) is 23.6 Å². The lowest BCUT2D eigenvalue weighted by Gasteiger charge is -2.37. The minimum Gasteiger partial charge on any atom is -0.379 e. The first-order valence-electron chi connectivity index (χ1n) is 10.3. The number of carbonyl (C=O) groups is 1. The van der Waals surface area contributed by atoms with Crippen LogP contribution in [0.3, 0.4) is 0 Å². The number of benzene rings is 1. The smallest absolute Gasteiger partial charge is 0.224 e. The molecular weight excluding hydrogens is 373 g/mol. The zero-order valence-electron chi connectivity index (χ0n) is 17.7. The molecule has 1 unspecified atom stereocenters. The lowest BCUT2D eigenvalue weighted by Crippen LogP contribution is -2.53. The third-order valence-corrected chi connectivity index (χ3v) is 5.00. The van der Waals surface area contributed by atoms with E-state index in [0.29, 0.717) is 25.0 Å². The van der Waals surface area contributed by atoms with Crippen LogP contribution in [0.25, 0.3) is 0 Å². The summed E-state index contributed by atoms with van der Waals surface area (Å²) >= 11 is 0. The summed E-state index contributed by atoms with van der Waals surface area (Å²) in [5.74, 6) is 0.847. The number of morpholine rings is 1. The molecule has 1 aromatic rings. The molecule has 3 N–H and O–H groups in total. The van der Waals surface area contributed by atoms with E-state index in [1.54, 1.807) is 19.2 Å². The Morgan fingerprint density at radius 3 is 2.41 bits per heavy atom. The van der Waals surface area contributed by atoms with Crippen molar-refractivity contribution >= 4 is 11.9 Å². The van der Waals surface area contributed by atoms with E-state index < -0.39 is 0 Å². The fraction of sp³-hybridized carbons (Fsp3) is 0.619. The van der Waals surface area contributed by atoms with Gasteiger partial charge in [0, 0.05) is 45.8 Å². The van der Waals surface area contributed by atoms with Crippen molar-refractivity contribution in [2.45, 2.75) is 26.3 Å². The summed E-state index contributed by atoms with van der Waals surface area (Å²) in [6.45, 7) is 9.79. The van der Waals surface area contributed by atoms with Gasteiger partial charge in [0.1, 0.15) is 5.82 Å². The second kappa shape index (κ2) is 12.4. The first-order chi connectivity index (χ1) is 14.0. The van der Waals surface area contributed by atoms with Gasteiger partial charge in [0.05, 0.1) is 19.6 Å². The Hall–Kier alpha value is -2.19. The first-order valence-corrected chi connectivity index (χ1v) is 10.3. The van der Waals surface area contributed by atoms with Crippen molar-refractivity contribution < 1.29 is 13.9 Å². The van der Waals surface area contributed by atoms with Crippen molar-refractivity contribution in [2.75, 3.05) is 53.0 Å². The molecule has 0 spiro atoms. The summed E-state index contributed by atoms with van der Waals surface area (Å²) in [5, 5.41) is 9.47. The summed E-state index contributed by atoms with van der Waals surface area (Å²) in [5.41, 5.74) is 0.789. The molecule has 1 aliphatic heterocycles. The van der Waals surface area contributed by atoms with Gasteiger partial charge in [-0.1, -0.05) is 26.0 Å². The van der Waals surface area contributed by atoms with Gasteiger partial charge in [-0.2, -0.15) is 0 Å². The summed E-state index contributed by atoms with van der Waals surface area (Å²) in [6.07, 6.45) is 0.239. The highest BCUT2D eigenvalue weighted by molar-refractivity contribution is 5.80. The molecule has 0 radical (unpaired) electrons. The Bertz CT molecular complexity index is 645. The fourth-order valence-corrected chi connectivity index (χ4v) is 3.35. The van der Waals surface area contributed by atoms with Crippen LogP contribution in [-0.2, 0) is 16.0 Å². The molecule has 1 aliphatic rings. The zero-order valence-corrected chi connectivity index (χ0v) is 17.7. The van der Waals surface area contributed by atoms with Crippen molar-refractivity contribution in [3.8, 4) is 0 Å². The minimum absolute atomic E-state index is 0.0893. The Balaban J connectivity index is 1.67. The number of carbonyl (C=O) groups excluding carboxylic acids is 1. The lowest BCUT2D eigenvalue weighted by atomic mass is 10.0. The van der Waals surface area contributed by atoms with Gasteiger partial charge in [0.15, 0.2) is 5.96 Å². The number of hydrogen-bond acceptors (Lipinski definition) is 4. The van der Waals surface area contributed by atoms with Gasteiger partial charge >= 0.3 is 0 Å². The predicted octanol–water partition coefficient (Wildman–Crippen LogP) is 1.01. The number of nitrogens with one attached hydrogen (secondary N) is 3. The molecule has 0 saturated carbocycles. The molecule has 29 heavy (non-hydrogen) atoms. The van der Waals surface area contributed by atoms with Gasteiger partial charge in [-0.3, -0.25) is 14.7 Å². The Kier molecular flexibility index (Phi) is 9.87.